The maximum absolute atomic E-state index is 11.2. The van der Waals surface area contributed by atoms with Crippen LogP contribution in [0.15, 0.2) is 24.3 Å². The highest BCUT2D eigenvalue weighted by atomic mass is 16.6. The van der Waals surface area contributed by atoms with E-state index in [4.69, 9.17) is 4.74 Å². The van der Waals surface area contributed by atoms with Gasteiger partial charge in [0.25, 0.3) is 0 Å². The summed E-state index contributed by atoms with van der Waals surface area (Å²) in [4.78, 5) is 14.0. The molecule has 18 heavy (non-hydrogen) atoms. The number of aromatic amines is 1. The van der Waals surface area contributed by atoms with Crippen LogP contribution in [0.5, 0.6) is 0 Å². The van der Waals surface area contributed by atoms with E-state index in [2.05, 4.69) is 10.3 Å². The molecule has 0 amide bonds. The number of aromatic nitrogens is 1. The second-order valence-electron chi connectivity index (χ2n) is 4.25. The predicted octanol–water partition coefficient (Wildman–Crippen LogP) is 1.74. The first-order valence-electron chi connectivity index (χ1n) is 5.84. The topological polar surface area (TPSA) is 80.2 Å². The quantitative estimate of drug-likeness (QED) is 0.625. The Bertz CT molecular complexity index is 587. The number of nitro groups is 1. The zero-order valence-corrected chi connectivity index (χ0v) is 9.68. The largest absolute Gasteiger partial charge is 0.369 e. The first kappa shape index (κ1) is 11.2. The highest BCUT2D eigenvalue weighted by Gasteiger charge is 2.29. The molecule has 1 atom stereocenters. The molecule has 1 aromatic heterocycles. The summed E-state index contributed by atoms with van der Waals surface area (Å²) in [6.45, 7) is 1.94. The molecule has 0 radical (unpaired) electrons. The molecule has 2 aromatic rings. The third kappa shape index (κ3) is 1.75. The maximum atomic E-state index is 11.2. The van der Waals surface area contributed by atoms with Crippen LogP contribution in [0.2, 0.25) is 0 Å². The molecule has 0 bridgehead atoms. The molecule has 1 fully saturated rings. The van der Waals surface area contributed by atoms with E-state index in [1.807, 2.05) is 12.1 Å². The molecule has 1 aliphatic rings. The fourth-order valence-electron chi connectivity index (χ4n) is 2.33. The number of hydrogen-bond donors (Lipinski definition) is 2. The molecule has 2 heterocycles. The van der Waals surface area contributed by atoms with Crippen LogP contribution in [0.3, 0.4) is 0 Å². The van der Waals surface area contributed by atoms with Gasteiger partial charge in [-0.2, -0.15) is 0 Å². The molecule has 1 aliphatic heterocycles. The minimum Gasteiger partial charge on any atom is -0.369 e. The zero-order valence-electron chi connectivity index (χ0n) is 9.68. The lowest BCUT2D eigenvalue weighted by Gasteiger charge is -2.22. The minimum absolute atomic E-state index is 0.124. The van der Waals surface area contributed by atoms with Gasteiger partial charge in [-0.3, -0.25) is 10.1 Å². The average Bonchev–Trinajstić information content (AvgIpc) is 2.79. The number of nitrogens with zero attached hydrogens (tertiary/aromatic N) is 1. The average molecular weight is 247 g/mol. The van der Waals surface area contributed by atoms with Crippen LogP contribution < -0.4 is 5.32 Å². The van der Waals surface area contributed by atoms with Crippen molar-refractivity contribution in [2.45, 2.75) is 6.10 Å². The van der Waals surface area contributed by atoms with Crippen molar-refractivity contribution in [3.8, 4) is 0 Å². The summed E-state index contributed by atoms with van der Waals surface area (Å²) in [6.07, 6.45) is -0.286. The molecule has 94 valence electrons. The van der Waals surface area contributed by atoms with E-state index in [0.717, 1.165) is 12.1 Å². The van der Waals surface area contributed by atoms with Gasteiger partial charge in [-0.1, -0.05) is 12.1 Å². The summed E-state index contributed by atoms with van der Waals surface area (Å²) in [5, 5.41) is 15.1. The van der Waals surface area contributed by atoms with Crippen molar-refractivity contribution in [1.29, 1.82) is 0 Å². The Hall–Kier alpha value is -1.92. The van der Waals surface area contributed by atoms with Gasteiger partial charge in [0, 0.05) is 13.1 Å². The number of H-pyrrole nitrogens is 1. The summed E-state index contributed by atoms with van der Waals surface area (Å²) < 4.78 is 5.59. The molecule has 1 saturated heterocycles. The van der Waals surface area contributed by atoms with Crippen molar-refractivity contribution in [3.05, 3.63) is 40.1 Å². The fraction of sp³-hybridized carbons (Fsp3) is 0.333. The Morgan fingerprint density at radius 2 is 2.22 bits per heavy atom. The number of para-hydroxylation sites is 1. The van der Waals surface area contributed by atoms with Gasteiger partial charge in [-0.15, -0.1) is 0 Å². The van der Waals surface area contributed by atoms with Gasteiger partial charge in [0.15, 0.2) is 0 Å². The molecule has 3 rings (SSSR count). The molecule has 6 nitrogen and oxygen atoms in total. The first-order chi connectivity index (χ1) is 8.77. The van der Waals surface area contributed by atoms with Crippen LogP contribution >= 0.6 is 0 Å². The third-order valence-electron chi connectivity index (χ3n) is 3.14. The standard InChI is InChI=1S/C12H13N3O3/c16-15(17)12-8-3-1-2-4-9(8)14-11(12)10-7-13-5-6-18-10/h1-4,10,13-14H,5-7H2. The Kier molecular flexibility index (Phi) is 2.73. The number of benzene rings is 1. The Balaban J connectivity index is 2.14. The predicted molar refractivity (Wildman–Crippen MR) is 66.5 cm³/mol. The Morgan fingerprint density at radius 1 is 1.39 bits per heavy atom. The lowest BCUT2D eigenvalue weighted by molar-refractivity contribution is -0.384. The molecule has 6 heteroatoms. The van der Waals surface area contributed by atoms with Gasteiger partial charge in [-0.25, -0.2) is 0 Å². The molecule has 0 saturated carbocycles. The van der Waals surface area contributed by atoms with Crippen molar-refractivity contribution < 1.29 is 9.66 Å². The number of nitrogens with one attached hydrogen (secondary N) is 2. The van der Waals surface area contributed by atoms with E-state index in [1.54, 1.807) is 12.1 Å². The van der Waals surface area contributed by atoms with Crippen molar-refractivity contribution in [3.63, 3.8) is 0 Å². The van der Waals surface area contributed by atoms with Crippen LogP contribution in [-0.4, -0.2) is 29.6 Å². The molecule has 1 unspecified atom stereocenters. The summed E-state index contributed by atoms with van der Waals surface area (Å²) in [5.74, 6) is 0. The Labute approximate surface area is 103 Å². The van der Waals surface area contributed by atoms with Crippen LogP contribution in [0.25, 0.3) is 10.9 Å². The monoisotopic (exact) mass is 247 g/mol. The van der Waals surface area contributed by atoms with Crippen molar-refractivity contribution in [2.75, 3.05) is 19.7 Å². The molecule has 2 N–H and O–H groups in total. The molecule has 1 aromatic carbocycles. The van der Waals surface area contributed by atoms with Gasteiger partial charge in [0.1, 0.15) is 11.8 Å². The van der Waals surface area contributed by atoms with Gasteiger partial charge in [0.05, 0.1) is 22.4 Å². The lowest BCUT2D eigenvalue weighted by Crippen LogP contribution is -2.33. The van der Waals surface area contributed by atoms with Crippen molar-refractivity contribution in [2.24, 2.45) is 0 Å². The van der Waals surface area contributed by atoms with Crippen LogP contribution in [0.1, 0.15) is 11.8 Å². The normalized spacial score (nSPS) is 20.1. The molecule has 0 aliphatic carbocycles. The van der Waals surface area contributed by atoms with Gasteiger partial charge < -0.3 is 15.0 Å². The van der Waals surface area contributed by atoms with Crippen molar-refractivity contribution >= 4 is 16.6 Å². The Morgan fingerprint density at radius 3 is 2.94 bits per heavy atom. The SMILES string of the molecule is O=[N+]([O-])c1c(C2CNCCO2)[nH]c2ccccc12. The van der Waals surface area contributed by atoms with E-state index >= 15 is 0 Å². The van der Waals surface area contributed by atoms with Crippen molar-refractivity contribution in [1.82, 2.24) is 10.3 Å². The summed E-state index contributed by atoms with van der Waals surface area (Å²) in [5.41, 5.74) is 1.45. The smallest absolute Gasteiger partial charge is 0.300 e. The summed E-state index contributed by atoms with van der Waals surface area (Å²) in [6, 6.07) is 7.24. The zero-order chi connectivity index (χ0) is 12.5. The van der Waals surface area contributed by atoms with Crippen LogP contribution in [0.4, 0.5) is 5.69 Å². The lowest BCUT2D eigenvalue weighted by atomic mass is 10.1. The van der Waals surface area contributed by atoms with Gasteiger partial charge in [0.2, 0.25) is 0 Å². The second kappa shape index (κ2) is 4.40. The van der Waals surface area contributed by atoms with E-state index in [1.165, 1.54) is 0 Å². The van der Waals surface area contributed by atoms with Gasteiger partial charge in [-0.05, 0) is 12.1 Å². The maximum Gasteiger partial charge on any atom is 0.300 e. The molecular formula is C12H13N3O3. The first-order valence-corrected chi connectivity index (χ1v) is 5.84. The number of hydrogen-bond acceptors (Lipinski definition) is 4. The summed E-state index contributed by atoms with van der Waals surface area (Å²) in [7, 11) is 0. The van der Waals surface area contributed by atoms with E-state index in [0.29, 0.717) is 24.2 Å². The van der Waals surface area contributed by atoms with Crippen LogP contribution in [0, 0.1) is 10.1 Å². The number of ether oxygens (including phenoxy) is 1. The molecule has 0 spiro atoms. The van der Waals surface area contributed by atoms with E-state index in [-0.39, 0.29) is 16.7 Å². The minimum atomic E-state index is -0.341. The number of fused-ring (bicyclic) bond motifs is 1. The van der Waals surface area contributed by atoms with Gasteiger partial charge >= 0.3 is 5.69 Å². The highest BCUT2D eigenvalue weighted by molar-refractivity contribution is 5.90. The van der Waals surface area contributed by atoms with E-state index in [9.17, 15) is 10.1 Å². The second-order valence-corrected chi connectivity index (χ2v) is 4.25. The fourth-order valence-corrected chi connectivity index (χ4v) is 2.33. The van der Waals surface area contributed by atoms with Crippen LogP contribution in [-0.2, 0) is 4.74 Å². The third-order valence-corrected chi connectivity index (χ3v) is 3.14. The van der Waals surface area contributed by atoms with E-state index < -0.39 is 0 Å². The number of morpholine rings is 1. The summed E-state index contributed by atoms with van der Waals surface area (Å²) >= 11 is 0. The molecular weight excluding hydrogens is 234 g/mol. The highest BCUT2D eigenvalue weighted by Crippen LogP contribution is 2.34. The number of rotatable bonds is 2.